The first-order valence-corrected chi connectivity index (χ1v) is 3.82. The molecule has 0 saturated heterocycles. The number of nitrogens with zero attached hydrogens (tertiary/aromatic N) is 2. The quantitative estimate of drug-likeness (QED) is 0.689. The molecule has 2 aromatic rings. The molecule has 62 valence electrons. The van der Waals surface area contributed by atoms with E-state index in [1.807, 2.05) is 19.1 Å². The lowest BCUT2D eigenvalue weighted by Gasteiger charge is -1.92. The molecular formula is C8H9N3O. The van der Waals surface area contributed by atoms with E-state index in [9.17, 15) is 0 Å². The van der Waals surface area contributed by atoms with E-state index in [0.717, 1.165) is 17.5 Å². The number of aromatic nitrogens is 2. The molecule has 0 saturated carbocycles. The molecule has 0 aromatic carbocycles. The maximum absolute atomic E-state index is 5.50. The molecule has 0 bridgehead atoms. The topological polar surface area (TPSA) is 64.9 Å². The van der Waals surface area contributed by atoms with E-state index < -0.39 is 0 Å². The van der Waals surface area contributed by atoms with E-state index in [2.05, 4.69) is 10.1 Å². The van der Waals surface area contributed by atoms with Crippen LogP contribution in [0.5, 0.6) is 0 Å². The molecule has 0 aliphatic heterocycles. The Morgan fingerprint density at radius 3 is 3.08 bits per heavy atom. The normalized spacial score (nSPS) is 10.8. The van der Waals surface area contributed by atoms with Crippen LogP contribution in [0.4, 0.5) is 5.88 Å². The minimum Gasteiger partial charge on any atom is -0.367 e. The summed E-state index contributed by atoms with van der Waals surface area (Å²) in [6, 6.07) is 3.81. The number of anilines is 1. The summed E-state index contributed by atoms with van der Waals surface area (Å²) in [6.45, 7) is 2.04. The summed E-state index contributed by atoms with van der Waals surface area (Å²) in [6.07, 6.45) is 0.892. The van der Waals surface area contributed by atoms with Crippen LogP contribution >= 0.6 is 0 Å². The average Bonchev–Trinajstić information content (AvgIpc) is 2.47. The molecule has 2 aromatic heterocycles. The number of hydrogen-bond acceptors (Lipinski definition) is 4. The van der Waals surface area contributed by atoms with Gasteiger partial charge < -0.3 is 10.3 Å². The zero-order chi connectivity index (χ0) is 8.55. The minimum absolute atomic E-state index is 0.333. The van der Waals surface area contributed by atoms with Gasteiger partial charge in [0.15, 0.2) is 0 Å². The standard InChI is InChI=1S/C8H9N3O/c1-2-5-3-4-6-7(9)12-11-8(6)10-5/h3-4H,2,9H2,1H3. The molecule has 0 unspecified atom stereocenters. The molecule has 2 N–H and O–H groups in total. The van der Waals surface area contributed by atoms with Gasteiger partial charge in [0.05, 0.1) is 5.39 Å². The first-order valence-electron chi connectivity index (χ1n) is 3.82. The van der Waals surface area contributed by atoms with E-state index in [0.29, 0.717) is 11.5 Å². The Morgan fingerprint density at radius 1 is 1.50 bits per heavy atom. The third-order valence-electron chi connectivity index (χ3n) is 1.79. The van der Waals surface area contributed by atoms with Crippen molar-refractivity contribution in [3.05, 3.63) is 17.8 Å². The van der Waals surface area contributed by atoms with Crippen LogP contribution in [0, 0.1) is 0 Å². The zero-order valence-electron chi connectivity index (χ0n) is 6.74. The molecule has 0 amide bonds. The highest BCUT2D eigenvalue weighted by atomic mass is 16.5. The molecule has 0 aliphatic rings. The Morgan fingerprint density at radius 2 is 2.33 bits per heavy atom. The molecule has 2 rings (SSSR count). The highest BCUT2D eigenvalue weighted by molar-refractivity contribution is 5.84. The van der Waals surface area contributed by atoms with E-state index in [1.54, 1.807) is 0 Å². The Labute approximate surface area is 69.4 Å². The van der Waals surface area contributed by atoms with Crippen molar-refractivity contribution < 1.29 is 4.52 Å². The highest BCUT2D eigenvalue weighted by Gasteiger charge is 2.05. The van der Waals surface area contributed by atoms with E-state index >= 15 is 0 Å². The van der Waals surface area contributed by atoms with Gasteiger partial charge in [-0.3, -0.25) is 0 Å². The van der Waals surface area contributed by atoms with Crippen LogP contribution in [0.3, 0.4) is 0 Å². The second kappa shape index (κ2) is 2.48. The first-order chi connectivity index (χ1) is 5.81. The van der Waals surface area contributed by atoms with E-state index in [4.69, 9.17) is 10.3 Å². The van der Waals surface area contributed by atoms with Crippen LogP contribution in [0.15, 0.2) is 16.7 Å². The molecular weight excluding hydrogens is 154 g/mol. The van der Waals surface area contributed by atoms with Crippen molar-refractivity contribution in [1.82, 2.24) is 10.1 Å². The van der Waals surface area contributed by atoms with Crippen molar-refractivity contribution in [2.75, 3.05) is 5.73 Å². The van der Waals surface area contributed by atoms with Gasteiger partial charge in [-0.1, -0.05) is 12.1 Å². The first kappa shape index (κ1) is 7.09. The molecule has 0 aliphatic carbocycles. The zero-order valence-corrected chi connectivity index (χ0v) is 6.74. The molecule has 4 nitrogen and oxygen atoms in total. The summed E-state index contributed by atoms with van der Waals surface area (Å²) in [5.74, 6) is 0.333. The van der Waals surface area contributed by atoms with Crippen LogP contribution in [-0.2, 0) is 6.42 Å². The summed E-state index contributed by atoms with van der Waals surface area (Å²) in [5, 5.41) is 4.50. The SMILES string of the molecule is CCc1ccc2c(N)onc2n1. The largest absolute Gasteiger partial charge is 0.367 e. The number of nitrogen functional groups attached to an aromatic ring is 1. The predicted octanol–water partition coefficient (Wildman–Crippen LogP) is 1.37. The molecule has 0 atom stereocenters. The van der Waals surface area contributed by atoms with Crippen LogP contribution in [0.25, 0.3) is 11.0 Å². The summed E-state index contributed by atoms with van der Waals surface area (Å²) in [5.41, 5.74) is 7.08. The van der Waals surface area contributed by atoms with E-state index in [1.165, 1.54) is 0 Å². The van der Waals surface area contributed by atoms with Crippen molar-refractivity contribution in [2.45, 2.75) is 13.3 Å². The number of fused-ring (bicyclic) bond motifs is 1. The second-order valence-electron chi connectivity index (χ2n) is 2.57. The van der Waals surface area contributed by atoms with Gasteiger partial charge in [0, 0.05) is 5.69 Å². The van der Waals surface area contributed by atoms with Gasteiger partial charge in [-0.05, 0) is 18.6 Å². The fourth-order valence-electron chi connectivity index (χ4n) is 1.09. The Bertz CT molecular complexity index is 408. The maximum atomic E-state index is 5.50. The third kappa shape index (κ3) is 0.922. The van der Waals surface area contributed by atoms with Crippen LogP contribution in [0.1, 0.15) is 12.6 Å². The van der Waals surface area contributed by atoms with Crippen molar-refractivity contribution in [3.8, 4) is 0 Å². The van der Waals surface area contributed by atoms with Gasteiger partial charge in [-0.25, -0.2) is 4.98 Å². The fraction of sp³-hybridized carbons (Fsp3) is 0.250. The monoisotopic (exact) mass is 163 g/mol. The van der Waals surface area contributed by atoms with Crippen molar-refractivity contribution in [2.24, 2.45) is 0 Å². The van der Waals surface area contributed by atoms with Gasteiger partial charge in [-0.2, -0.15) is 0 Å². The summed E-state index contributed by atoms with van der Waals surface area (Å²) in [7, 11) is 0. The van der Waals surface area contributed by atoms with Crippen molar-refractivity contribution in [1.29, 1.82) is 0 Å². The number of hydrogen-bond donors (Lipinski definition) is 1. The maximum Gasteiger partial charge on any atom is 0.231 e. The van der Waals surface area contributed by atoms with Gasteiger partial charge in [0.25, 0.3) is 0 Å². The van der Waals surface area contributed by atoms with Gasteiger partial charge in [0.2, 0.25) is 11.5 Å². The number of nitrogens with two attached hydrogens (primary N) is 1. The van der Waals surface area contributed by atoms with Crippen LogP contribution in [0.2, 0.25) is 0 Å². The summed E-state index contributed by atoms with van der Waals surface area (Å²) in [4.78, 5) is 4.23. The Hall–Kier alpha value is -1.58. The Balaban J connectivity index is 2.69. The minimum atomic E-state index is 0.333. The smallest absolute Gasteiger partial charge is 0.231 e. The molecule has 0 spiro atoms. The lowest BCUT2D eigenvalue weighted by molar-refractivity contribution is 0.443. The molecule has 2 heterocycles. The lowest BCUT2D eigenvalue weighted by Crippen LogP contribution is -1.87. The predicted molar refractivity (Wildman–Crippen MR) is 45.6 cm³/mol. The number of pyridine rings is 1. The summed E-state index contributed by atoms with van der Waals surface area (Å²) < 4.78 is 4.78. The van der Waals surface area contributed by atoms with Crippen molar-refractivity contribution >= 4 is 16.9 Å². The Kier molecular flexibility index (Phi) is 1.46. The fourth-order valence-corrected chi connectivity index (χ4v) is 1.09. The number of aryl methyl sites for hydroxylation is 1. The second-order valence-corrected chi connectivity index (χ2v) is 2.57. The molecule has 0 radical (unpaired) electrons. The summed E-state index contributed by atoms with van der Waals surface area (Å²) >= 11 is 0. The van der Waals surface area contributed by atoms with Gasteiger partial charge >= 0.3 is 0 Å². The van der Waals surface area contributed by atoms with E-state index in [-0.39, 0.29) is 0 Å². The lowest BCUT2D eigenvalue weighted by atomic mass is 10.2. The van der Waals surface area contributed by atoms with Crippen LogP contribution in [-0.4, -0.2) is 10.1 Å². The number of rotatable bonds is 1. The molecule has 12 heavy (non-hydrogen) atoms. The van der Waals surface area contributed by atoms with Gasteiger partial charge in [0.1, 0.15) is 0 Å². The molecule has 4 heteroatoms. The average molecular weight is 163 g/mol. The van der Waals surface area contributed by atoms with Crippen molar-refractivity contribution in [3.63, 3.8) is 0 Å². The van der Waals surface area contributed by atoms with Crippen LogP contribution < -0.4 is 5.73 Å². The third-order valence-corrected chi connectivity index (χ3v) is 1.79. The molecule has 0 fully saturated rings. The van der Waals surface area contributed by atoms with Gasteiger partial charge in [-0.15, -0.1) is 0 Å². The highest BCUT2D eigenvalue weighted by Crippen LogP contribution is 2.18.